The second-order valence-corrected chi connectivity index (χ2v) is 5.86. The number of nitro groups is 1. The van der Waals surface area contributed by atoms with Crippen LogP contribution in [0.15, 0.2) is 22.2 Å². The molecule has 0 unspecified atom stereocenters. The fraction of sp³-hybridized carbons (Fsp3) is 0.214. The highest BCUT2D eigenvalue weighted by Gasteiger charge is 2.24. The van der Waals surface area contributed by atoms with Gasteiger partial charge in [-0.1, -0.05) is 6.92 Å². The van der Waals surface area contributed by atoms with E-state index in [1.54, 1.807) is 0 Å². The zero-order valence-corrected chi connectivity index (χ0v) is 13.7. The Hall–Kier alpha value is -3.08. The van der Waals surface area contributed by atoms with E-state index in [0.717, 1.165) is 11.8 Å². The van der Waals surface area contributed by atoms with Crippen LogP contribution in [0.5, 0.6) is 11.5 Å². The number of nitro benzene ring substituents is 1. The predicted molar refractivity (Wildman–Crippen MR) is 86.4 cm³/mol. The Labute approximate surface area is 145 Å². The van der Waals surface area contributed by atoms with Crippen molar-refractivity contribution in [3.05, 3.63) is 38.5 Å². The van der Waals surface area contributed by atoms with E-state index in [1.165, 1.54) is 18.2 Å². The van der Waals surface area contributed by atoms with Gasteiger partial charge in [-0.25, -0.2) is 9.78 Å². The van der Waals surface area contributed by atoms with Crippen LogP contribution in [-0.4, -0.2) is 38.0 Å². The molecule has 0 spiro atoms. The summed E-state index contributed by atoms with van der Waals surface area (Å²) in [4.78, 5) is 26.1. The number of hydrogen-bond donors (Lipinski definition) is 2. The Morgan fingerprint density at radius 1 is 1.48 bits per heavy atom. The molecule has 0 saturated carbocycles. The number of carbonyl (C=O) groups is 1. The molecule has 1 aliphatic rings. The lowest BCUT2D eigenvalue weighted by Crippen LogP contribution is -1.99. The van der Waals surface area contributed by atoms with E-state index < -0.39 is 10.9 Å². The maximum Gasteiger partial charge on any atom is 0.342 e. The number of thioether (sulfide) groups is 1. The Kier molecular flexibility index (Phi) is 4.57. The number of aliphatic carboxylic acids is 1. The number of nitrogens with zero attached hydrogens (tertiary/aromatic N) is 3. The number of rotatable bonds is 6. The van der Waals surface area contributed by atoms with Crippen molar-refractivity contribution in [3.63, 3.8) is 0 Å². The second kappa shape index (κ2) is 6.81. The molecule has 0 amide bonds. The van der Waals surface area contributed by atoms with E-state index in [1.807, 2.05) is 6.92 Å². The van der Waals surface area contributed by atoms with E-state index in [2.05, 4.69) is 15.2 Å². The minimum absolute atomic E-state index is 0.0445. The van der Waals surface area contributed by atoms with Gasteiger partial charge in [-0.3, -0.25) is 15.2 Å². The topological polar surface area (TPSA) is 140 Å². The summed E-state index contributed by atoms with van der Waals surface area (Å²) in [6, 6.07) is 2.58. The Morgan fingerprint density at radius 2 is 2.20 bits per heavy atom. The minimum atomic E-state index is -1.25. The zero-order chi connectivity index (χ0) is 18.0. The molecule has 2 aromatic rings. The molecule has 10 nitrogen and oxygen atoms in total. The van der Waals surface area contributed by atoms with Gasteiger partial charge in [-0.05, 0) is 23.9 Å². The Bertz CT molecular complexity index is 878. The Balaban J connectivity index is 2.00. The molecule has 25 heavy (non-hydrogen) atoms. The summed E-state index contributed by atoms with van der Waals surface area (Å²) < 4.78 is 10.3. The highest BCUT2D eigenvalue weighted by Crippen LogP contribution is 2.39. The number of fused-ring (bicyclic) bond motifs is 1. The van der Waals surface area contributed by atoms with Crippen molar-refractivity contribution in [1.29, 1.82) is 0 Å². The average molecular weight is 364 g/mol. The molecule has 0 saturated heterocycles. The number of carboxylic acid groups (broad SMARTS) is 1. The van der Waals surface area contributed by atoms with Crippen LogP contribution in [0.2, 0.25) is 0 Å². The van der Waals surface area contributed by atoms with Gasteiger partial charge in [0.05, 0.1) is 16.6 Å². The maximum absolute atomic E-state index is 11.5. The molecule has 1 aliphatic heterocycles. The molecule has 1 aromatic carbocycles. The summed E-state index contributed by atoms with van der Waals surface area (Å²) in [7, 11) is 0. The van der Waals surface area contributed by atoms with Crippen LogP contribution in [-0.2, 0) is 11.2 Å². The molecule has 0 fully saturated rings. The molecule has 0 atom stereocenters. The molecule has 0 aliphatic carbocycles. The molecule has 2 N–H and O–H groups in total. The van der Waals surface area contributed by atoms with Crippen LogP contribution < -0.4 is 9.47 Å². The third-order valence-corrected chi connectivity index (χ3v) is 4.14. The SMILES string of the molecule is CCc1nc(S/C(=C\c2cc3c(cc2[N+](=O)[O-])OCO3)C(=O)O)n[nH]1. The maximum atomic E-state index is 11.5. The predicted octanol–water partition coefficient (Wildman–Crippen LogP) is 2.22. The summed E-state index contributed by atoms with van der Waals surface area (Å²) in [5, 5.41) is 27.5. The van der Waals surface area contributed by atoms with E-state index in [4.69, 9.17) is 9.47 Å². The fourth-order valence-electron chi connectivity index (χ4n) is 2.08. The zero-order valence-electron chi connectivity index (χ0n) is 12.9. The molecular weight excluding hydrogens is 352 g/mol. The van der Waals surface area contributed by atoms with Gasteiger partial charge in [0.25, 0.3) is 5.69 Å². The van der Waals surface area contributed by atoms with Gasteiger partial charge < -0.3 is 14.6 Å². The molecule has 3 rings (SSSR count). The largest absolute Gasteiger partial charge is 0.477 e. The van der Waals surface area contributed by atoms with Crippen molar-refractivity contribution >= 4 is 29.5 Å². The second-order valence-electron chi connectivity index (χ2n) is 4.86. The first-order valence-corrected chi connectivity index (χ1v) is 7.91. The van der Waals surface area contributed by atoms with Crippen LogP contribution in [0, 0.1) is 10.1 Å². The Morgan fingerprint density at radius 3 is 2.80 bits per heavy atom. The lowest BCUT2D eigenvalue weighted by molar-refractivity contribution is -0.385. The highest BCUT2D eigenvalue weighted by molar-refractivity contribution is 8.04. The first-order valence-electron chi connectivity index (χ1n) is 7.10. The number of ether oxygens (including phenoxy) is 2. The lowest BCUT2D eigenvalue weighted by atomic mass is 10.1. The highest BCUT2D eigenvalue weighted by atomic mass is 32.2. The number of nitrogens with one attached hydrogen (secondary N) is 1. The van der Waals surface area contributed by atoms with Gasteiger partial charge >= 0.3 is 5.97 Å². The summed E-state index contributed by atoms with van der Waals surface area (Å²) in [6.07, 6.45) is 1.81. The van der Waals surface area contributed by atoms with E-state index in [-0.39, 0.29) is 33.9 Å². The fourth-order valence-corrected chi connectivity index (χ4v) is 2.79. The number of carboxylic acids is 1. The minimum Gasteiger partial charge on any atom is -0.477 e. The smallest absolute Gasteiger partial charge is 0.342 e. The summed E-state index contributed by atoms with van der Waals surface area (Å²) in [5.74, 6) is -0.0752. The van der Waals surface area contributed by atoms with Crippen molar-refractivity contribution in [3.8, 4) is 11.5 Å². The molecule has 0 radical (unpaired) electrons. The number of aryl methyl sites for hydroxylation is 1. The third kappa shape index (κ3) is 3.55. The van der Waals surface area contributed by atoms with Crippen LogP contribution in [0.25, 0.3) is 6.08 Å². The van der Waals surface area contributed by atoms with Gasteiger partial charge in [-0.2, -0.15) is 0 Å². The standard InChI is InChI=1S/C14H12N4O6S/c1-2-12-15-14(17-16-12)25-11(13(19)20)4-7-3-9-10(24-6-23-9)5-8(7)18(21)22/h3-5H,2,6H2,1H3,(H,19,20)(H,15,16,17)/b11-4-. The van der Waals surface area contributed by atoms with E-state index >= 15 is 0 Å². The van der Waals surface area contributed by atoms with Crippen molar-refractivity contribution in [2.24, 2.45) is 0 Å². The monoisotopic (exact) mass is 364 g/mol. The number of aromatic nitrogens is 3. The first kappa shape index (κ1) is 16.8. The van der Waals surface area contributed by atoms with Gasteiger partial charge in [0.2, 0.25) is 11.9 Å². The average Bonchev–Trinajstić information content (AvgIpc) is 3.21. The van der Waals surface area contributed by atoms with Crippen molar-refractivity contribution < 1.29 is 24.3 Å². The van der Waals surface area contributed by atoms with Crippen molar-refractivity contribution in [2.45, 2.75) is 18.5 Å². The molecule has 0 bridgehead atoms. The van der Waals surface area contributed by atoms with Gasteiger partial charge in [0.1, 0.15) is 10.7 Å². The van der Waals surface area contributed by atoms with Gasteiger partial charge in [0, 0.05) is 6.42 Å². The molecule has 130 valence electrons. The molecule has 1 aromatic heterocycles. The third-order valence-electron chi connectivity index (χ3n) is 3.26. The lowest BCUT2D eigenvalue weighted by Gasteiger charge is -2.03. The quantitative estimate of drug-likeness (QED) is 0.341. The van der Waals surface area contributed by atoms with Crippen molar-refractivity contribution in [1.82, 2.24) is 15.2 Å². The van der Waals surface area contributed by atoms with E-state index in [0.29, 0.717) is 18.0 Å². The summed E-state index contributed by atoms with van der Waals surface area (Å²) in [5.41, 5.74) is -0.196. The van der Waals surface area contributed by atoms with Crippen LogP contribution in [0.1, 0.15) is 18.3 Å². The summed E-state index contributed by atoms with van der Waals surface area (Å²) in [6.45, 7) is 1.83. The molecule has 2 heterocycles. The van der Waals surface area contributed by atoms with Crippen LogP contribution in [0.3, 0.4) is 0 Å². The number of hydrogen-bond acceptors (Lipinski definition) is 8. The van der Waals surface area contributed by atoms with Gasteiger partial charge in [-0.15, -0.1) is 5.10 Å². The van der Waals surface area contributed by atoms with Crippen LogP contribution in [0.4, 0.5) is 5.69 Å². The number of H-pyrrole nitrogens is 1. The first-order chi connectivity index (χ1) is 12.0. The van der Waals surface area contributed by atoms with Crippen LogP contribution >= 0.6 is 11.8 Å². The number of benzene rings is 1. The molecule has 11 heteroatoms. The van der Waals surface area contributed by atoms with Gasteiger partial charge in [0.15, 0.2) is 11.5 Å². The number of aromatic amines is 1. The molecular formula is C14H12N4O6S. The normalized spacial score (nSPS) is 13.1. The van der Waals surface area contributed by atoms with E-state index in [9.17, 15) is 20.0 Å². The van der Waals surface area contributed by atoms with Crippen molar-refractivity contribution in [2.75, 3.05) is 6.79 Å². The summed E-state index contributed by atoms with van der Waals surface area (Å²) >= 11 is 0.795.